The lowest BCUT2D eigenvalue weighted by atomic mass is 10.3. The van der Waals surface area contributed by atoms with Gasteiger partial charge in [-0.05, 0) is 36.4 Å². The van der Waals surface area contributed by atoms with E-state index in [1.807, 2.05) is 18.2 Å². The fourth-order valence-electron chi connectivity index (χ4n) is 3.33. The van der Waals surface area contributed by atoms with Gasteiger partial charge in [-0.3, -0.25) is 4.79 Å². The van der Waals surface area contributed by atoms with Crippen molar-refractivity contribution >= 4 is 33.4 Å². The molecule has 2 aliphatic heterocycles. The number of hydrogen-bond donors (Lipinski definition) is 1. The third-order valence-corrected chi connectivity index (χ3v) is 7.82. The minimum atomic E-state index is -3.69. The predicted molar refractivity (Wildman–Crippen MR) is 119 cm³/mol. The summed E-state index contributed by atoms with van der Waals surface area (Å²) in [6.07, 6.45) is 0. The second-order valence-corrected chi connectivity index (χ2v) is 10.0. The molecule has 0 radical (unpaired) electrons. The first-order valence-electron chi connectivity index (χ1n) is 10.1. The Morgan fingerprint density at radius 1 is 1.06 bits per heavy atom. The van der Waals surface area contributed by atoms with E-state index >= 15 is 0 Å². The highest BCUT2D eigenvalue weighted by atomic mass is 32.2. The van der Waals surface area contributed by atoms with Crippen molar-refractivity contribution in [1.29, 1.82) is 0 Å². The molecule has 32 heavy (non-hydrogen) atoms. The van der Waals surface area contributed by atoms with Gasteiger partial charge >= 0.3 is 0 Å². The lowest BCUT2D eigenvalue weighted by Gasteiger charge is -2.26. The zero-order valence-corrected chi connectivity index (χ0v) is 19.2. The van der Waals surface area contributed by atoms with Crippen molar-refractivity contribution in [3.8, 4) is 17.2 Å². The molecule has 0 bridgehead atoms. The molecule has 0 aromatic heterocycles. The lowest BCUT2D eigenvalue weighted by Crippen LogP contribution is -2.40. The Labute approximate surface area is 191 Å². The quantitative estimate of drug-likeness (QED) is 0.602. The third kappa shape index (κ3) is 5.12. The largest absolute Gasteiger partial charge is 0.495 e. The first-order valence-corrected chi connectivity index (χ1v) is 12.5. The molecule has 1 fully saturated rings. The topological polar surface area (TPSA) is 103 Å². The molecule has 1 saturated heterocycles. The zero-order chi connectivity index (χ0) is 22.6. The van der Waals surface area contributed by atoms with Crippen LogP contribution in [0.15, 0.2) is 46.2 Å². The molecule has 2 aromatic rings. The Morgan fingerprint density at radius 3 is 2.56 bits per heavy atom. The van der Waals surface area contributed by atoms with E-state index in [2.05, 4.69) is 5.32 Å². The van der Waals surface area contributed by atoms with Gasteiger partial charge in [-0.1, -0.05) is 0 Å². The minimum Gasteiger partial charge on any atom is -0.495 e. The Bertz CT molecular complexity index is 1090. The summed E-state index contributed by atoms with van der Waals surface area (Å²) in [6.45, 7) is 2.31. The van der Waals surface area contributed by atoms with Crippen molar-refractivity contribution in [2.75, 3.05) is 57.7 Å². The molecule has 0 spiro atoms. The maximum absolute atomic E-state index is 12.9. The van der Waals surface area contributed by atoms with Crippen molar-refractivity contribution < 1.29 is 32.2 Å². The maximum Gasteiger partial charge on any atom is 0.243 e. The number of ether oxygens (including phenoxy) is 4. The Hall–Kier alpha value is -2.47. The van der Waals surface area contributed by atoms with Crippen molar-refractivity contribution in [3.05, 3.63) is 36.4 Å². The summed E-state index contributed by atoms with van der Waals surface area (Å²) in [6, 6.07) is 9.96. The molecule has 0 unspecified atom stereocenters. The summed E-state index contributed by atoms with van der Waals surface area (Å²) < 4.78 is 48.9. The average molecular weight is 481 g/mol. The monoisotopic (exact) mass is 480 g/mol. The van der Waals surface area contributed by atoms with Crippen molar-refractivity contribution in [3.63, 3.8) is 0 Å². The van der Waals surface area contributed by atoms with Gasteiger partial charge in [0.05, 0.1) is 36.7 Å². The first-order chi connectivity index (χ1) is 15.5. The SMILES string of the molecule is COc1ccc(S(=O)(=O)N2CCOCC2)cc1NC(=O)CSc1ccc2c(c1)OCCO2. The van der Waals surface area contributed by atoms with Gasteiger partial charge in [0.25, 0.3) is 0 Å². The fourth-order valence-corrected chi connectivity index (χ4v) is 5.49. The number of rotatable bonds is 7. The van der Waals surface area contributed by atoms with E-state index in [9.17, 15) is 13.2 Å². The predicted octanol–water partition coefficient (Wildman–Crippen LogP) is 2.22. The van der Waals surface area contributed by atoms with Gasteiger partial charge in [-0.15, -0.1) is 11.8 Å². The van der Waals surface area contributed by atoms with Crippen LogP contribution in [0, 0.1) is 0 Å². The van der Waals surface area contributed by atoms with Crippen LogP contribution < -0.4 is 19.5 Å². The van der Waals surface area contributed by atoms with Crippen LogP contribution >= 0.6 is 11.8 Å². The van der Waals surface area contributed by atoms with Crippen molar-refractivity contribution in [1.82, 2.24) is 4.31 Å². The van der Waals surface area contributed by atoms with Crippen LogP contribution in [0.5, 0.6) is 17.2 Å². The summed E-state index contributed by atoms with van der Waals surface area (Å²) in [4.78, 5) is 13.5. The highest BCUT2D eigenvalue weighted by molar-refractivity contribution is 8.00. The van der Waals surface area contributed by atoms with Crippen LogP contribution in [-0.2, 0) is 19.6 Å². The lowest BCUT2D eigenvalue weighted by molar-refractivity contribution is -0.113. The Morgan fingerprint density at radius 2 is 1.81 bits per heavy atom. The number of benzene rings is 2. The molecule has 172 valence electrons. The number of anilines is 1. The van der Waals surface area contributed by atoms with E-state index in [1.165, 1.54) is 41.4 Å². The van der Waals surface area contributed by atoms with Gasteiger partial charge in [0.15, 0.2) is 11.5 Å². The summed E-state index contributed by atoms with van der Waals surface area (Å²) in [5.74, 6) is 1.56. The molecule has 2 aromatic carbocycles. The van der Waals surface area contributed by atoms with E-state index < -0.39 is 10.0 Å². The Balaban J connectivity index is 1.44. The van der Waals surface area contributed by atoms with E-state index in [1.54, 1.807) is 0 Å². The van der Waals surface area contributed by atoms with E-state index in [0.29, 0.717) is 62.5 Å². The van der Waals surface area contributed by atoms with Gasteiger partial charge < -0.3 is 24.3 Å². The van der Waals surface area contributed by atoms with Crippen LogP contribution in [0.4, 0.5) is 5.69 Å². The summed E-state index contributed by atoms with van der Waals surface area (Å²) in [7, 11) is -2.23. The molecule has 2 aliphatic rings. The molecular formula is C21H24N2O7S2. The molecule has 2 heterocycles. The molecular weight excluding hydrogens is 456 g/mol. The number of fused-ring (bicyclic) bond motifs is 1. The number of nitrogens with one attached hydrogen (secondary N) is 1. The number of nitrogens with zero attached hydrogens (tertiary/aromatic N) is 1. The summed E-state index contributed by atoms with van der Waals surface area (Å²) in [5, 5.41) is 2.76. The van der Waals surface area contributed by atoms with Gasteiger partial charge in [0.2, 0.25) is 15.9 Å². The first kappa shape index (κ1) is 22.7. The van der Waals surface area contributed by atoms with E-state index in [4.69, 9.17) is 18.9 Å². The average Bonchev–Trinajstić information content (AvgIpc) is 2.83. The number of morpholine rings is 1. The van der Waals surface area contributed by atoms with E-state index in [-0.39, 0.29) is 16.6 Å². The van der Waals surface area contributed by atoms with Crippen LogP contribution in [0.1, 0.15) is 0 Å². The molecule has 9 nitrogen and oxygen atoms in total. The number of carbonyl (C=O) groups excluding carboxylic acids is 1. The number of carbonyl (C=O) groups is 1. The molecule has 4 rings (SSSR count). The van der Waals surface area contributed by atoms with Gasteiger partial charge in [0, 0.05) is 18.0 Å². The van der Waals surface area contributed by atoms with Crippen LogP contribution in [-0.4, -0.2) is 71.0 Å². The maximum atomic E-state index is 12.9. The molecule has 0 atom stereocenters. The summed E-state index contributed by atoms with van der Waals surface area (Å²) >= 11 is 1.34. The second-order valence-electron chi connectivity index (χ2n) is 7.02. The van der Waals surface area contributed by atoms with Gasteiger partial charge in [0.1, 0.15) is 19.0 Å². The van der Waals surface area contributed by atoms with Gasteiger partial charge in [-0.25, -0.2) is 8.42 Å². The highest BCUT2D eigenvalue weighted by Gasteiger charge is 2.27. The van der Waals surface area contributed by atoms with Gasteiger partial charge in [-0.2, -0.15) is 4.31 Å². The van der Waals surface area contributed by atoms with Crippen LogP contribution in [0.3, 0.4) is 0 Å². The molecule has 1 amide bonds. The van der Waals surface area contributed by atoms with Crippen molar-refractivity contribution in [2.45, 2.75) is 9.79 Å². The normalized spacial score (nSPS) is 16.4. The number of amides is 1. The highest BCUT2D eigenvalue weighted by Crippen LogP contribution is 2.34. The number of hydrogen-bond acceptors (Lipinski definition) is 8. The molecule has 1 N–H and O–H groups in total. The molecule has 0 saturated carbocycles. The number of methoxy groups -OCH3 is 1. The number of sulfonamides is 1. The summed E-state index contributed by atoms with van der Waals surface area (Å²) in [5.41, 5.74) is 0.301. The zero-order valence-electron chi connectivity index (χ0n) is 17.5. The van der Waals surface area contributed by atoms with Crippen LogP contribution in [0.2, 0.25) is 0 Å². The molecule has 0 aliphatic carbocycles. The smallest absolute Gasteiger partial charge is 0.243 e. The molecule has 11 heteroatoms. The number of thioether (sulfide) groups is 1. The van der Waals surface area contributed by atoms with E-state index in [0.717, 1.165) is 4.90 Å². The second kappa shape index (κ2) is 9.99. The Kier molecular flexibility index (Phi) is 7.09. The van der Waals surface area contributed by atoms with Crippen molar-refractivity contribution in [2.24, 2.45) is 0 Å². The van der Waals surface area contributed by atoms with Crippen LogP contribution in [0.25, 0.3) is 0 Å². The standard InChI is InChI=1S/C21H24N2O7S2/c1-27-18-5-3-16(32(25,26)23-6-8-28-9-7-23)13-17(18)22-21(24)14-31-15-2-4-19-20(12-15)30-11-10-29-19/h2-5,12-13H,6-11,14H2,1H3,(H,22,24). The fraction of sp³-hybridized carbons (Fsp3) is 0.381. The minimum absolute atomic E-state index is 0.0926. The third-order valence-electron chi connectivity index (χ3n) is 4.94.